The number of allylic oxidation sites excluding steroid dienone is 1. The summed E-state index contributed by atoms with van der Waals surface area (Å²) in [5, 5.41) is 0. The second kappa shape index (κ2) is 15.1. The SMILES string of the molecule is CCCCCCCCCCCCCCCCCOP1(=O)OCC2COC(=O)C2=C(C)O1. The van der Waals surface area contributed by atoms with E-state index in [1.165, 1.54) is 83.5 Å². The van der Waals surface area contributed by atoms with Crippen LogP contribution in [0, 0.1) is 5.92 Å². The molecule has 0 N–H and O–H groups in total. The molecule has 0 radical (unpaired) electrons. The van der Waals surface area contributed by atoms with Crippen molar-refractivity contribution in [3.8, 4) is 0 Å². The molecule has 0 aromatic carbocycles. The van der Waals surface area contributed by atoms with Gasteiger partial charge in [-0.3, -0.25) is 9.05 Å². The van der Waals surface area contributed by atoms with E-state index in [1.807, 2.05) is 0 Å². The van der Waals surface area contributed by atoms with Crippen molar-refractivity contribution in [2.45, 2.75) is 110 Å². The number of esters is 1. The van der Waals surface area contributed by atoms with E-state index >= 15 is 0 Å². The minimum absolute atomic E-state index is 0.120. The first kappa shape index (κ1) is 26.4. The maximum Gasteiger partial charge on any atom is 0.529 e. The number of unbranched alkanes of at least 4 members (excludes halogenated alkanes) is 14. The third kappa shape index (κ3) is 10.1. The molecule has 0 aromatic rings. The Morgan fingerprint density at radius 3 is 1.90 bits per heavy atom. The highest BCUT2D eigenvalue weighted by molar-refractivity contribution is 7.48. The summed E-state index contributed by atoms with van der Waals surface area (Å²) in [6.45, 7) is 4.59. The molecule has 31 heavy (non-hydrogen) atoms. The molecule has 0 amide bonds. The average Bonchev–Trinajstić information content (AvgIpc) is 3.06. The molecule has 2 aliphatic rings. The van der Waals surface area contributed by atoms with Crippen LogP contribution in [0.1, 0.15) is 110 Å². The van der Waals surface area contributed by atoms with Gasteiger partial charge in [-0.1, -0.05) is 96.8 Å². The van der Waals surface area contributed by atoms with Crippen LogP contribution >= 0.6 is 7.82 Å². The lowest BCUT2D eigenvalue weighted by Gasteiger charge is -2.17. The number of cyclic esters (lactones) is 1. The van der Waals surface area contributed by atoms with Gasteiger partial charge in [0.15, 0.2) is 0 Å². The van der Waals surface area contributed by atoms with Crippen LogP contribution < -0.4 is 0 Å². The highest BCUT2D eigenvalue weighted by atomic mass is 31.2. The molecule has 0 bridgehead atoms. The fourth-order valence-corrected chi connectivity index (χ4v) is 5.53. The first-order chi connectivity index (χ1) is 15.1. The fourth-order valence-electron chi connectivity index (χ4n) is 4.20. The number of rotatable bonds is 17. The minimum Gasteiger partial charge on any atom is -0.461 e. The molecule has 0 saturated carbocycles. The molecule has 0 aliphatic carbocycles. The summed E-state index contributed by atoms with van der Waals surface area (Å²) in [5.74, 6) is -0.343. The van der Waals surface area contributed by atoms with E-state index in [0.717, 1.165) is 12.8 Å². The van der Waals surface area contributed by atoms with Crippen LogP contribution in [0.25, 0.3) is 0 Å². The molecule has 7 heteroatoms. The van der Waals surface area contributed by atoms with Crippen molar-refractivity contribution in [1.82, 2.24) is 0 Å². The van der Waals surface area contributed by atoms with Crippen LogP contribution in [0.5, 0.6) is 0 Å². The molecule has 2 atom stereocenters. The number of fused-ring (bicyclic) bond motifs is 1. The van der Waals surface area contributed by atoms with Gasteiger partial charge in [-0.15, -0.1) is 0 Å². The van der Waals surface area contributed by atoms with E-state index in [2.05, 4.69) is 6.92 Å². The van der Waals surface area contributed by atoms with Gasteiger partial charge in [0, 0.05) is 0 Å². The fraction of sp³-hybridized carbons (Fsp3) is 0.875. The Hall–Kier alpha value is -0.840. The van der Waals surface area contributed by atoms with Crippen molar-refractivity contribution in [3.63, 3.8) is 0 Å². The van der Waals surface area contributed by atoms with Gasteiger partial charge in [-0.25, -0.2) is 9.36 Å². The van der Waals surface area contributed by atoms with Crippen LogP contribution in [0.15, 0.2) is 11.3 Å². The predicted molar refractivity (Wildman–Crippen MR) is 123 cm³/mol. The van der Waals surface area contributed by atoms with Gasteiger partial charge in [0.2, 0.25) is 0 Å². The molecule has 2 aliphatic heterocycles. The third-order valence-electron chi connectivity index (χ3n) is 6.10. The Morgan fingerprint density at radius 2 is 1.35 bits per heavy atom. The van der Waals surface area contributed by atoms with Gasteiger partial charge in [0.05, 0.1) is 24.7 Å². The van der Waals surface area contributed by atoms with Crippen LogP contribution in [0.4, 0.5) is 0 Å². The summed E-state index contributed by atoms with van der Waals surface area (Å²) in [5.41, 5.74) is 0.424. The van der Waals surface area contributed by atoms with Crippen molar-refractivity contribution < 1.29 is 27.7 Å². The average molecular weight is 459 g/mol. The van der Waals surface area contributed by atoms with E-state index < -0.39 is 13.8 Å². The zero-order valence-electron chi connectivity index (χ0n) is 19.7. The number of carbonyl (C=O) groups is 1. The summed E-state index contributed by atoms with van der Waals surface area (Å²) in [6.07, 6.45) is 19.4. The third-order valence-corrected chi connectivity index (χ3v) is 7.56. The van der Waals surface area contributed by atoms with Crippen LogP contribution in [-0.2, 0) is 27.7 Å². The monoisotopic (exact) mass is 458 g/mol. The van der Waals surface area contributed by atoms with Crippen LogP contribution in [0.3, 0.4) is 0 Å². The standard InChI is InChI=1S/C24H43O6P/c1-3-4-5-6-7-8-9-10-11-12-13-14-15-16-17-18-28-31(26)29-20-22-19-27-24(25)23(22)21(2)30-31/h22H,3-20H2,1-2H3. The normalized spacial score (nSPS) is 23.4. The van der Waals surface area contributed by atoms with Crippen LogP contribution in [0.2, 0.25) is 0 Å². The summed E-state index contributed by atoms with van der Waals surface area (Å²) in [4.78, 5) is 11.8. The van der Waals surface area contributed by atoms with Gasteiger partial charge in [0.1, 0.15) is 12.4 Å². The zero-order chi connectivity index (χ0) is 22.4. The molecule has 2 rings (SSSR count). The molecule has 0 spiro atoms. The zero-order valence-corrected chi connectivity index (χ0v) is 20.6. The van der Waals surface area contributed by atoms with Gasteiger partial charge in [-0.05, 0) is 13.3 Å². The van der Waals surface area contributed by atoms with Gasteiger partial charge in [-0.2, -0.15) is 0 Å². The van der Waals surface area contributed by atoms with Crippen molar-refractivity contribution >= 4 is 13.8 Å². The molecule has 2 unspecified atom stereocenters. The molecule has 2 heterocycles. The maximum absolute atomic E-state index is 12.7. The van der Waals surface area contributed by atoms with E-state index in [4.69, 9.17) is 18.3 Å². The highest BCUT2D eigenvalue weighted by Crippen LogP contribution is 2.54. The molecular formula is C24H43O6P. The lowest BCUT2D eigenvalue weighted by molar-refractivity contribution is -0.135. The molecule has 0 aromatic heterocycles. The van der Waals surface area contributed by atoms with E-state index in [9.17, 15) is 9.36 Å². The van der Waals surface area contributed by atoms with E-state index in [1.54, 1.807) is 6.92 Å². The molecule has 1 saturated heterocycles. The van der Waals surface area contributed by atoms with Gasteiger partial charge >= 0.3 is 13.8 Å². The summed E-state index contributed by atoms with van der Waals surface area (Å²) < 4.78 is 33.9. The summed E-state index contributed by atoms with van der Waals surface area (Å²) in [7, 11) is -3.65. The lowest BCUT2D eigenvalue weighted by Crippen LogP contribution is -2.10. The Bertz CT molecular complexity index is 603. The second-order valence-electron chi connectivity index (χ2n) is 8.88. The molecule has 1 fully saturated rings. The Morgan fingerprint density at radius 1 is 0.839 bits per heavy atom. The Balaban J connectivity index is 1.42. The predicted octanol–water partition coefficient (Wildman–Crippen LogP) is 7.48. The first-order valence-corrected chi connectivity index (χ1v) is 14.0. The number of hydrogen-bond acceptors (Lipinski definition) is 6. The number of carbonyl (C=O) groups excluding carboxylic acids is 1. The van der Waals surface area contributed by atoms with Crippen LogP contribution in [-0.4, -0.2) is 25.8 Å². The number of phosphoric ester groups is 1. The quantitative estimate of drug-likeness (QED) is 0.128. The lowest BCUT2D eigenvalue weighted by atomic mass is 10.0. The highest BCUT2D eigenvalue weighted by Gasteiger charge is 2.42. The molecule has 6 nitrogen and oxygen atoms in total. The van der Waals surface area contributed by atoms with E-state index in [0.29, 0.717) is 17.9 Å². The van der Waals surface area contributed by atoms with Crippen molar-refractivity contribution in [3.05, 3.63) is 11.3 Å². The van der Waals surface area contributed by atoms with Crippen molar-refractivity contribution in [2.24, 2.45) is 5.92 Å². The largest absolute Gasteiger partial charge is 0.529 e. The smallest absolute Gasteiger partial charge is 0.461 e. The Kier molecular flexibility index (Phi) is 12.8. The summed E-state index contributed by atoms with van der Waals surface area (Å²) >= 11 is 0. The number of ether oxygens (including phenoxy) is 1. The molecular weight excluding hydrogens is 415 g/mol. The number of hydrogen-bond donors (Lipinski definition) is 0. The number of phosphoric acid groups is 1. The topological polar surface area (TPSA) is 71.1 Å². The van der Waals surface area contributed by atoms with Crippen molar-refractivity contribution in [1.29, 1.82) is 0 Å². The first-order valence-electron chi connectivity index (χ1n) is 12.5. The minimum atomic E-state index is -3.65. The summed E-state index contributed by atoms with van der Waals surface area (Å²) in [6, 6.07) is 0. The Labute approximate surface area is 189 Å². The maximum atomic E-state index is 12.7. The molecule has 180 valence electrons. The van der Waals surface area contributed by atoms with Gasteiger partial charge in [0.25, 0.3) is 0 Å². The van der Waals surface area contributed by atoms with Crippen molar-refractivity contribution in [2.75, 3.05) is 19.8 Å². The van der Waals surface area contributed by atoms with E-state index in [-0.39, 0.29) is 19.1 Å². The second-order valence-corrected chi connectivity index (χ2v) is 10.5. The van der Waals surface area contributed by atoms with Gasteiger partial charge < -0.3 is 9.26 Å².